The van der Waals surface area contributed by atoms with E-state index in [1.54, 1.807) is 0 Å². The molecule has 0 unspecified atom stereocenters. The highest BCUT2D eigenvalue weighted by molar-refractivity contribution is 9.10. The van der Waals surface area contributed by atoms with Crippen LogP contribution in [-0.2, 0) is 10.5 Å². The highest BCUT2D eigenvalue weighted by Gasteiger charge is 2.03. The summed E-state index contributed by atoms with van der Waals surface area (Å²) in [5.41, 5.74) is 5.46. The van der Waals surface area contributed by atoms with Crippen LogP contribution < -0.4 is 5.43 Å². The fourth-order valence-electron chi connectivity index (χ4n) is 1.80. The molecule has 0 radical (unpaired) electrons. The van der Waals surface area contributed by atoms with E-state index in [-0.39, 0.29) is 5.91 Å². The predicted octanol–water partition coefficient (Wildman–Crippen LogP) is 4.88. The number of halogens is 2. The summed E-state index contributed by atoms with van der Waals surface area (Å²) in [4.78, 5) is 11.8. The van der Waals surface area contributed by atoms with Gasteiger partial charge in [-0.25, -0.2) is 5.43 Å². The Kier molecular flexibility index (Phi) is 7.15. The first-order valence-electron chi connectivity index (χ1n) is 6.96. The first-order valence-corrected chi connectivity index (χ1v) is 9.28. The summed E-state index contributed by atoms with van der Waals surface area (Å²) in [6.45, 7) is 1.86. The molecule has 0 saturated carbocycles. The number of hydrogen-bond acceptors (Lipinski definition) is 3. The van der Waals surface area contributed by atoms with Crippen molar-refractivity contribution >= 4 is 50.9 Å². The summed E-state index contributed by atoms with van der Waals surface area (Å²) in [6.07, 6.45) is 0. The fraction of sp³-hybridized carbons (Fsp3) is 0.176. The number of nitrogens with zero attached hydrogens (tertiary/aromatic N) is 1. The molecule has 3 nitrogen and oxygen atoms in total. The molecule has 2 aromatic carbocycles. The van der Waals surface area contributed by atoms with Crippen molar-refractivity contribution in [3.8, 4) is 0 Å². The quantitative estimate of drug-likeness (QED) is 0.544. The molecule has 120 valence electrons. The maximum atomic E-state index is 11.8. The summed E-state index contributed by atoms with van der Waals surface area (Å²) in [5.74, 6) is 1.01. The van der Waals surface area contributed by atoms with Gasteiger partial charge in [0.2, 0.25) is 5.91 Å². The molecule has 0 atom stereocenters. The van der Waals surface area contributed by atoms with E-state index in [0.717, 1.165) is 27.1 Å². The van der Waals surface area contributed by atoms with Gasteiger partial charge in [-0.2, -0.15) is 5.10 Å². The van der Waals surface area contributed by atoms with Crippen molar-refractivity contribution in [2.45, 2.75) is 12.7 Å². The van der Waals surface area contributed by atoms with Gasteiger partial charge in [0.1, 0.15) is 0 Å². The second kappa shape index (κ2) is 9.11. The van der Waals surface area contributed by atoms with Gasteiger partial charge < -0.3 is 0 Å². The molecule has 0 fully saturated rings. The van der Waals surface area contributed by atoms with E-state index < -0.39 is 0 Å². The molecule has 0 aromatic heterocycles. The zero-order valence-corrected chi connectivity index (χ0v) is 15.7. The van der Waals surface area contributed by atoms with Crippen LogP contribution in [0.3, 0.4) is 0 Å². The van der Waals surface area contributed by atoms with E-state index in [1.807, 2.05) is 55.5 Å². The maximum Gasteiger partial charge on any atom is 0.250 e. The number of rotatable bonds is 6. The lowest BCUT2D eigenvalue weighted by atomic mass is 10.1. The maximum absolute atomic E-state index is 11.8. The standard InChI is InChI=1S/C17H16BrClN2OS/c1-12(14-3-2-4-15(18)9-14)20-21-17(22)11-23-10-13-5-7-16(19)8-6-13/h2-9H,10-11H2,1H3,(H,21,22)/b20-12+. The normalized spacial score (nSPS) is 11.3. The number of thioether (sulfide) groups is 1. The molecule has 0 aliphatic heterocycles. The number of amides is 1. The Morgan fingerprint density at radius 1 is 1.26 bits per heavy atom. The second-order valence-corrected chi connectivity index (χ2v) is 7.20. The van der Waals surface area contributed by atoms with Gasteiger partial charge in [0.25, 0.3) is 0 Å². The lowest BCUT2D eigenvalue weighted by Gasteiger charge is -2.04. The van der Waals surface area contributed by atoms with E-state index in [4.69, 9.17) is 11.6 Å². The fourth-order valence-corrected chi connectivity index (χ4v) is 3.10. The number of carbonyl (C=O) groups is 1. The number of carbonyl (C=O) groups excluding carboxylic acids is 1. The molecule has 6 heteroatoms. The SMILES string of the molecule is C/C(=N\NC(=O)CSCc1ccc(Cl)cc1)c1cccc(Br)c1. The zero-order valence-electron chi connectivity index (χ0n) is 12.6. The molecule has 0 spiro atoms. The number of hydrogen-bond donors (Lipinski definition) is 1. The van der Waals surface area contributed by atoms with E-state index in [2.05, 4.69) is 26.5 Å². The van der Waals surface area contributed by atoms with Crippen molar-refractivity contribution < 1.29 is 4.79 Å². The van der Waals surface area contributed by atoms with Crippen LogP contribution >= 0.6 is 39.3 Å². The van der Waals surface area contributed by atoms with Gasteiger partial charge >= 0.3 is 0 Å². The van der Waals surface area contributed by atoms with Gasteiger partial charge in [0, 0.05) is 15.2 Å². The van der Waals surface area contributed by atoms with E-state index in [0.29, 0.717) is 10.8 Å². The van der Waals surface area contributed by atoms with Crippen molar-refractivity contribution in [3.63, 3.8) is 0 Å². The van der Waals surface area contributed by atoms with Crippen LogP contribution in [0.4, 0.5) is 0 Å². The lowest BCUT2D eigenvalue weighted by Crippen LogP contribution is -2.21. The zero-order chi connectivity index (χ0) is 16.7. The number of hydrazone groups is 1. The molecule has 2 aromatic rings. The van der Waals surface area contributed by atoms with Crippen molar-refractivity contribution in [1.29, 1.82) is 0 Å². The minimum Gasteiger partial charge on any atom is -0.272 e. The second-order valence-electron chi connectivity index (χ2n) is 4.86. The molecule has 0 aliphatic carbocycles. The molecule has 0 bridgehead atoms. The molecule has 1 N–H and O–H groups in total. The van der Waals surface area contributed by atoms with E-state index in [1.165, 1.54) is 11.8 Å². The third-order valence-corrected chi connectivity index (χ3v) is 4.75. The molecular formula is C17H16BrClN2OS. The van der Waals surface area contributed by atoms with Crippen molar-refractivity contribution in [3.05, 3.63) is 69.2 Å². The largest absolute Gasteiger partial charge is 0.272 e. The topological polar surface area (TPSA) is 41.5 Å². The number of benzene rings is 2. The highest BCUT2D eigenvalue weighted by Crippen LogP contribution is 2.15. The Balaban J connectivity index is 1.78. The van der Waals surface area contributed by atoms with Crippen LogP contribution in [-0.4, -0.2) is 17.4 Å². The Morgan fingerprint density at radius 2 is 2.00 bits per heavy atom. The van der Waals surface area contributed by atoms with Gasteiger partial charge in [-0.3, -0.25) is 4.79 Å². The molecule has 0 heterocycles. The molecule has 23 heavy (non-hydrogen) atoms. The van der Waals surface area contributed by atoms with Gasteiger partial charge in [-0.1, -0.05) is 51.8 Å². The molecule has 2 rings (SSSR count). The van der Waals surface area contributed by atoms with Gasteiger partial charge in [0.15, 0.2) is 0 Å². The Bertz CT molecular complexity index is 704. The highest BCUT2D eigenvalue weighted by atomic mass is 79.9. The Morgan fingerprint density at radius 3 is 2.70 bits per heavy atom. The molecule has 1 amide bonds. The third-order valence-electron chi connectivity index (χ3n) is 3.01. The minimum absolute atomic E-state index is 0.113. The summed E-state index contributed by atoms with van der Waals surface area (Å²) < 4.78 is 0.981. The summed E-state index contributed by atoms with van der Waals surface area (Å²) >= 11 is 10.8. The Hall–Kier alpha value is -1.30. The van der Waals surface area contributed by atoms with Crippen LogP contribution in [0.15, 0.2) is 58.1 Å². The first-order chi connectivity index (χ1) is 11.0. The summed E-state index contributed by atoms with van der Waals surface area (Å²) in [7, 11) is 0. The van der Waals surface area contributed by atoms with Crippen molar-refractivity contribution in [1.82, 2.24) is 5.43 Å². The number of nitrogens with one attached hydrogen (secondary N) is 1. The molecular weight excluding hydrogens is 396 g/mol. The molecule has 0 saturated heterocycles. The van der Waals surface area contributed by atoms with Crippen LogP contribution in [0.2, 0.25) is 5.02 Å². The average Bonchev–Trinajstić information content (AvgIpc) is 2.54. The smallest absolute Gasteiger partial charge is 0.250 e. The monoisotopic (exact) mass is 410 g/mol. The predicted molar refractivity (Wildman–Crippen MR) is 102 cm³/mol. The third kappa shape index (κ3) is 6.37. The Labute approximate surface area is 153 Å². The van der Waals surface area contributed by atoms with Crippen LogP contribution in [0, 0.1) is 0 Å². The average molecular weight is 412 g/mol. The van der Waals surface area contributed by atoms with E-state index in [9.17, 15) is 4.79 Å². The van der Waals surface area contributed by atoms with E-state index >= 15 is 0 Å². The van der Waals surface area contributed by atoms with Crippen LogP contribution in [0.25, 0.3) is 0 Å². The summed E-state index contributed by atoms with van der Waals surface area (Å²) in [6, 6.07) is 15.4. The van der Waals surface area contributed by atoms with Crippen LogP contribution in [0.1, 0.15) is 18.1 Å². The minimum atomic E-state index is -0.113. The molecule has 0 aliphatic rings. The lowest BCUT2D eigenvalue weighted by molar-refractivity contribution is -0.118. The van der Waals surface area contributed by atoms with Gasteiger partial charge in [-0.15, -0.1) is 11.8 Å². The van der Waals surface area contributed by atoms with Crippen molar-refractivity contribution in [2.24, 2.45) is 5.10 Å². The first kappa shape index (κ1) is 18.0. The van der Waals surface area contributed by atoms with Crippen LogP contribution in [0.5, 0.6) is 0 Å². The van der Waals surface area contributed by atoms with Crippen molar-refractivity contribution in [2.75, 3.05) is 5.75 Å². The van der Waals surface area contributed by atoms with Gasteiger partial charge in [0.05, 0.1) is 11.5 Å². The summed E-state index contributed by atoms with van der Waals surface area (Å²) in [5, 5.41) is 4.85. The van der Waals surface area contributed by atoms with Gasteiger partial charge in [-0.05, 0) is 42.3 Å².